The molecule has 0 aromatic carbocycles. The fourth-order valence-corrected chi connectivity index (χ4v) is 1.29. The lowest BCUT2D eigenvalue weighted by Crippen LogP contribution is -2.38. The number of rotatable bonds is 6. The molecule has 0 aromatic heterocycles. The van der Waals surface area contributed by atoms with Gasteiger partial charge in [-0.2, -0.15) is 0 Å². The van der Waals surface area contributed by atoms with Crippen molar-refractivity contribution in [3.8, 4) is 0 Å². The van der Waals surface area contributed by atoms with E-state index < -0.39 is 17.4 Å². The molecule has 1 N–H and O–H groups in total. The molecule has 5 heteroatoms. The maximum atomic E-state index is 11.4. The van der Waals surface area contributed by atoms with Crippen LogP contribution in [-0.4, -0.2) is 29.0 Å². The molecule has 0 aliphatic carbocycles. The third kappa shape index (κ3) is 3.29. The van der Waals surface area contributed by atoms with Crippen molar-refractivity contribution < 1.29 is 19.4 Å². The Kier molecular flexibility index (Phi) is 5.76. The van der Waals surface area contributed by atoms with Crippen molar-refractivity contribution in [1.29, 1.82) is 0 Å². The first-order valence-electron chi connectivity index (χ1n) is 4.45. The number of carboxylic acid groups (broad SMARTS) is 1. The lowest BCUT2D eigenvalue weighted by Gasteiger charge is -2.21. The Morgan fingerprint density at radius 1 is 1.50 bits per heavy atom. The van der Waals surface area contributed by atoms with Crippen LogP contribution < -0.4 is 0 Å². The summed E-state index contributed by atoms with van der Waals surface area (Å²) in [5.74, 6) is -1.79. The molecule has 0 saturated carbocycles. The zero-order chi connectivity index (χ0) is 11.2. The van der Waals surface area contributed by atoms with Gasteiger partial charge < -0.3 is 9.84 Å². The van der Waals surface area contributed by atoms with Crippen molar-refractivity contribution >= 4 is 27.9 Å². The molecule has 14 heavy (non-hydrogen) atoms. The Morgan fingerprint density at radius 2 is 2.07 bits per heavy atom. The second kappa shape index (κ2) is 6.01. The van der Waals surface area contributed by atoms with Crippen molar-refractivity contribution in [2.75, 3.05) is 11.9 Å². The number of alkyl halides is 1. The van der Waals surface area contributed by atoms with E-state index >= 15 is 0 Å². The molecule has 0 aliphatic rings. The Balaban J connectivity index is 4.53. The third-order valence-electron chi connectivity index (χ3n) is 2.01. The minimum Gasteiger partial charge on any atom is -0.480 e. The number of hydrogen-bond donors (Lipinski definition) is 1. The number of esters is 1. The van der Waals surface area contributed by atoms with Gasteiger partial charge >= 0.3 is 11.9 Å². The van der Waals surface area contributed by atoms with Gasteiger partial charge in [0.05, 0.1) is 6.61 Å². The van der Waals surface area contributed by atoms with Crippen molar-refractivity contribution in [2.45, 2.75) is 26.7 Å². The van der Waals surface area contributed by atoms with Crippen LogP contribution in [0.15, 0.2) is 0 Å². The van der Waals surface area contributed by atoms with Gasteiger partial charge in [-0.05, 0) is 26.7 Å². The fourth-order valence-electron chi connectivity index (χ4n) is 1.01. The van der Waals surface area contributed by atoms with Crippen LogP contribution in [0.5, 0.6) is 0 Å². The molecule has 1 atom stereocenters. The molecule has 0 radical (unpaired) electrons. The second-order valence-electron chi connectivity index (χ2n) is 3.15. The van der Waals surface area contributed by atoms with E-state index in [0.717, 1.165) is 0 Å². The summed E-state index contributed by atoms with van der Waals surface area (Å²) in [6.45, 7) is 3.26. The highest BCUT2D eigenvalue weighted by atomic mass is 79.9. The maximum Gasteiger partial charge on any atom is 0.323 e. The first-order valence-corrected chi connectivity index (χ1v) is 5.57. The molecule has 0 aromatic rings. The van der Waals surface area contributed by atoms with Gasteiger partial charge in [-0.15, -0.1) is 0 Å². The summed E-state index contributed by atoms with van der Waals surface area (Å²) in [5.41, 5.74) is -1.41. The molecule has 0 amide bonds. The van der Waals surface area contributed by atoms with E-state index in [1.807, 2.05) is 0 Å². The molecule has 0 heterocycles. The minimum absolute atomic E-state index is 0.204. The summed E-state index contributed by atoms with van der Waals surface area (Å²) in [6.07, 6.45) is 0.911. The van der Waals surface area contributed by atoms with Gasteiger partial charge in [0.15, 0.2) is 5.41 Å². The van der Waals surface area contributed by atoms with Gasteiger partial charge in [0.2, 0.25) is 0 Å². The van der Waals surface area contributed by atoms with Crippen molar-refractivity contribution in [1.82, 2.24) is 0 Å². The van der Waals surface area contributed by atoms with Crippen LogP contribution in [0.2, 0.25) is 0 Å². The maximum absolute atomic E-state index is 11.4. The van der Waals surface area contributed by atoms with Crippen LogP contribution in [0.3, 0.4) is 0 Å². The van der Waals surface area contributed by atoms with Gasteiger partial charge in [-0.3, -0.25) is 9.59 Å². The van der Waals surface area contributed by atoms with E-state index in [0.29, 0.717) is 11.8 Å². The van der Waals surface area contributed by atoms with Crippen LogP contribution in [0.4, 0.5) is 0 Å². The van der Waals surface area contributed by atoms with Crippen LogP contribution in [0, 0.1) is 5.41 Å². The summed E-state index contributed by atoms with van der Waals surface area (Å²) < 4.78 is 4.73. The largest absolute Gasteiger partial charge is 0.480 e. The van der Waals surface area contributed by atoms with Gasteiger partial charge in [-0.1, -0.05) is 15.9 Å². The Bertz CT molecular complexity index is 217. The monoisotopic (exact) mass is 266 g/mol. The molecule has 0 rings (SSSR count). The minimum atomic E-state index is -1.41. The van der Waals surface area contributed by atoms with E-state index in [9.17, 15) is 9.59 Å². The number of aliphatic carboxylic acids is 1. The summed E-state index contributed by atoms with van der Waals surface area (Å²) in [7, 11) is 0. The van der Waals surface area contributed by atoms with E-state index in [1.54, 1.807) is 6.92 Å². The van der Waals surface area contributed by atoms with Crippen LogP contribution in [0.1, 0.15) is 26.7 Å². The van der Waals surface area contributed by atoms with Gasteiger partial charge in [0.25, 0.3) is 0 Å². The smallest absolute Gasteiger partial charge is 0.323 e. The standard InChI is InChI=1S/C9H15BrO4/c1-3-14-8(13)9(2,7(11)12)5-4-6-10/h3-6H2,1-2H3,(H,11,12). The number of carbonyl (C=O) groups is 2. The number of halogens is 1. The zero-order valence-corrected chi connectivity index (χ0v) is 9.96. The normalized spacial score (nSPS) is 14.5. The van der Waals surface area contributed by atoms with Gasteiger partial charge in [0.1, 0.15) is 0 Å². The lowest BCUT2D eigenvalue weighted by molar-refractivity contribution is -0.167. The first-order chi connectivity index (χ1) is 6.49. The molecule has 0 spiro atoms. The summed E-state index contributed by atoms with van der Waals surface area (Å²) >= 11 is 3.19. The average molecular weight is 267 g/mol. The highest BCUT2D eigenvalue weighted by Gasteiger charge is 2.42. The number of carboxylic acids is 1. The Morgan fingerprint density at radius 3 is 2.43 bits per heavy atom. The highest BCUT2D eigenvalue weighted by Crippen LogP contribution is 2.26. The molecule has 0 bridgehead atoms. The average Bonchev–Trinajstić information content (AvgIpc) is 2.14. The predicted octanol–water partition coefficient (Wildman–Crippen LogP) is 1.82. The first kappa shape index (κ1) is 13.4. The molecule has 0 saturated heterocycles. The summed E-state index contributed by atoms with van der Waals surface area (Å²) in [6, 6.07) is 0. The number of hydrogen-bond acceptors (Lipinski definition) is 3. The van der Waals surface area contributed by atoms with E-state index in [4.69, 9.17) is 9.84 Å². The molecule has 4 nitrogen and oxygen atoms in total. The molecular formula is C9H15BrO4. The molecule has 0 fully saturated rings. The topological polar surface area (TPSA) is 63.6 Å². The summed E-state index contributed by atoms with van der Waals surface area (Å²) in [4.78, 5) is 22.3. The lowest BCUT2D eigenvalue weighted by atomic mass is 9.86. The van der Waals surface area contributed by atoms with Crippen molar-refractivity contribution in [3.05, 3.63) is 0 Å². The quantitative estimate of drug-likeness (QED) is 0.453. The molecular weight excluding hydrogens is 252 g/mol. The van der Waals surface area contributed by atoms with Crippen LogP contribution >= 0.6 is 15.9 Å². The van der Waals surface area contributed by atoms with Crippen molar-refractivity contribution in [2.24, 2.45) is 5.41 Å². The highest BCUT2D eigenvalue weighted by molar-refractivity contribution is 9.09. The SMILES string of the molecule is CCOC(=O)C(C)(CCCBr)C(=O)O. The van der Waals surface area contributed by atoms with E-state index in [2.05, 4.69) is 15.9 Å². The second-order valence-corrected chi connectivity index (χ2v) is 3.94. The molecule has 82 valence electrons. The Hall–Kier alpha value is -0.580. The van der Waals surface area contributed by atoms with Crippen molar-refractivity contribution in [3.63, 3.8) is 0 Å². The van der Waals surface area contributed by atoms with Crippen LogP contribution in [-0.2, 0) is 14.3 Å². The third-order valence-corrected chi connectivity index (χ3v) is 2.57. The number of ether oxygens (including phenoxy) is 1. The van der Waals surface area contributed by atoms with E-state index in [1.165, 1.54) is 6.92 Å². The van der Waals surface area contributed by atoms with Crippen LogP contribution in [0.25, 0.3) is 0 Å². The fraction of sp³-hybridized carbons (Fsp3) is 0.778. The molecule has 1 unspecified atom stereocenters. The predicted molar refractivity (Wildman–Crippen MR) is 55.4 cm³/mol. The van der Waals surface area contributed by atoms with E-state index in [-0.39, 0.29) is 13.0 Å². The zero-order valence-electron chi connectivity index (χ0n) is 8.38. The molecule has 0 aliphatic heterocycles. The van der Waals surface area contributed by atoms with Gasteiger partial charge in [-0.25, -0.2) is 0 Å². The summed E-state index contributed by atoms with van der Waals surface area (Å²) in [5, 5.41) is 9.62. The number of carbonyl (C=O) groups excluding carboxylic acids is 1. The Labute approximate surface area is 91.8 Å². The van der Waals surface area contributed by atoms with Gasteiger partial charge in [0, 0.05) is 5.33 Å².